The largest absolute Gasteiger partial charge is 0.478 e. The van der Waals surface area contributed by atoms with Crippen LogP contribution in [0, 0.1) is 20.5 Å². The average Bonchev–Trinajstić information content (AvgIpc) is 2.66. The first-order chi connectivity index (χ1) is 14.5. The minimum Gasteiger partial charge on any atom is -0.478 e. The van der Waals surface area contributed by atoms with Crippen LogP contribution >= 0.6 is 0 Å². The Morgan fingerprint density at radius 2 is 0.781 bits per heavy atom. The van der Waals surface area contributed by atoms with Gasteiger partial charge in [-0.05, 0) is 24.3 Å². The second-order valence-corrected chi connectivity index (χ2v) is 6.77. The standard InChI is InChI=1S/2C8H9NO2.2ClHO4/c2*9-5-6-1-3-7(4-2-6)8(10)11;2*2-1(3,4)5/h2*1-4H,5,9H2,(H,10,11);2*(H,2,3,4,5). The first kappa shape index (κ1) is 31.7. The van der Waals surface area contributed by atoms with Gasteiger partial charge in [0.2, 0.25) is 0 Å². The van der Waals surface area contributed by atoms with Crippen molar-refractivity contribution in [3.8, 4) is 0 Å². The van der Waals surface area contributed by atoms with Gasteiger partial charge >= 0.3 is 11.9 Å². The molecule has 2 aromatic carbocycles. The van der Waals surface area contributed by atoms with Gasteiger partial charge in [-0.1, -0.05) is 24.3 Å². The number of rotatable bonds is 4. The van der Waals surface area contributed by atoms with Gasteiger partial charge in [-0.25, -0.2) is 46.9 Å². The summed E-state index contributed by atoms with van der Waals surface area (Å²) in [6.07, 6.45) is 0. The van der Waals surface area contributed by atoms with E-state index in [9.17, 15) is 9.59 Å². The Bertz CT molecular complexity index is 724. The number of quaternary nitrogens is 2. The average molecular weight is 503 g/mol. The van der Waals surface area contributed by atoms with Crippen LogP contribution in [0.5, 0.6) is 0 Å². The highest BCUT2D eigenvalue weighted by molar-refractivity contribution is 5.87. The van der Waals surface area contributed by atoms with E-state index in [1.807, 2.05) is 0 Å². The lowest BCUT2D eigenvalue weighted by Crippen LogP contribution is -2.68. The van der Waals surface area contributed by atoms with E-state index < -0.39 is 32.4 Å². The molecule has 2 rings (SSSR count). The van der Waals surface area contributed by atoms with Crippen LogP contribution in [0.3, 0.4) is 0 Å². The fourth-order valence-electron chi connectivity index (χ4n) is 1.63. The van der Waals surface area contributed by atoms with E-state index in [-0.39, 0.29) is 0 Å². The zero-order chi connectivity index (χ0) is 25.5. The van der Waals surface area contributed by atoms with E-state index in [0.717, 1.165) is 11.1 Å². The Labute approximate surface area is 185 Å². The summed E-state index contributed by atoms with van der Waals surface area (Å²) in [7, 11) is -9.89. The van der Waals surface area contributed by atoms with Crippen LogP contribution in [0.15, 0.2) is 48.5 Å². The predicted octanol–water partition coefficient (Wildman–Crippen LogP) is -9.26. The van der Waals surface area contributed by atoms with Crippen molar-refractivity contribution >= 4 is 11.9 Å². The second-order valence-electron chi connectivity index (χ2n) is 5.26. The fourth-order valence-corrected chi connectivity index (χ4v) is 1.63. The van der Waals surface area contributed by atoms with Crippen molar-refractivity contribution in [3.63, 3.8) is 0 Å². The fraction of sp³-hybridized carbons (Fsp3) is 0.125. The van der Waals surface area contributed by atoms with Crippen LogP contribution < -0.4 is 48.7 Å². The molecular formula is C16H20Cl2N2O12. The van der Waals surface area contributed by atoms with Gasteiger partial charge in [0.1, 0.15) is 0 Å². The molecule has 0 heterocycles. The smallest absolute Gasteiger partial charge is 0.335 e. The zero-order valence-corrected chi connectivity index (χ0v) is 17.7. The molecule has 32 heavy (non-hydrogen) atoms. The highest BCUT2D eigenvalue weighted by Gasteiger charge is 2.01. The first-order valence-electron chi connectivity index (χ1n) is 7.94. The summed E-state index contributed by atoms with van der Waals surface area (Å²) in [5.41, 5.74) is 10.1. The number of benzene rings is 2. The van der Waals surface area contributed by atoms with E-state index in [2.05, 4.69) is 11.5 Å². The van der Waals surface area contributed by atoms with Gasteiger partial charge in [0.25, 0.3) is 0 Å². The Morgan fingerprint density at radius 1 is 0.594 bits per heavy atom. The monoisotopic (exact) mass is 502 g/mol. The molecule has 8 N–H and O–H groups in total. The number of carboxylic acid groups (broad SMARTS) is 2. The third kappa shape index (κ3) is 22.2. The highest BCUT2D eigenvalue weighted by Crippen LogP contribution is 2.03. The van der Waals surface area contributed by atoms with E-state index in [4.69, 9.17) is 47.5 Å². The molecule has 0 bridgehead atoms. The number of hydrogen-bond donors (Lipinski definition) is 4. The lowest BCUT2D eigenvalue weighted by molar-refractivity contribution is -2.00. The molecule has 0 aromatic heterocycles. The van der Waals surface area contributed by atoms with Gasteiger partial charge in [-0.15, -0.1) is 20.5 Å². The maximum absolute atomic E-state index is 10.4. The van der Waals surface area contributed by atoms with Crippen molar-refractivity contribution in [1.82, 2.24) is 0 Å². The van der Waals surface area contributed by atoms with Gasteiger partial charge in [0, 0.05) is 11.1 Å². The SMILES string of the molecule is [NH3+]Cc1ccc(C(=O)O)cc1.[NH3+]Cc1ccc(C(=O)O)cc1.[O-][Cl+3]([O-])([O-])[O-].[O-][Cl+3]([O-])([O-])[O-]. The van der Waals surface area contributed by atoms with E-state index in [0.29, 0.717) is 24.2 Å². The third-order valence-corrected chi connectivity index (χ3v) is 2.98. The summed E-state index contributed by atoms with van der Waals surface area (Å²) in [5.74, 6) is -1.78. The number of aromatic carboxylic acids is 2. The van der Waals surface area contributed by atoms with Crippen LogP contribution in [0.2, 0.25) is 0 Å². The van der Waals surface area contributed by atoms with E-state index in [1.54, 1.807) is 48.5 Å². The van der Waals surface area contributed by atoms with Gasteiger partial charge in [0.05, 0.1) is 24.2 Å². The summed E-state index contributed by atoms with van der Waals surface area (Å²) in [4.78, 5) is 20.8. The molecule has 0 unspecified atom stereocenters. The third-order valence-electron chi connectivity index (χ3n) is 2.98. The van der Waals surface area contributed by atoms with Crippen molar-refractivity contribution in [2.24, 2.45) is 0 Å². The summed E-state index contributed by atoms with van der Waals surface area (Å²) in [5, 5.41) is 17.1. The highest BCUT2D eigenvalue weighted by atomic mass is 35.7. The molecule has 16 heteroatoms. The molecule has 180 valence electrons. The first-order valence-corrected chi connectivity index (χ1v) is 10.4. The topological polar surface area (TPSA) is 314 Å². The normalized spacial score (nSPS) is 10.3. The van der Waals surface area contributed by atoms with E-state index in [1.165, 1.54) is 0 Å². The maximum atomic E-state index is 10.4. The summed E-state index contributed by atoms with van der Waals surface area (Å²) in [6, 6.07) is 13.4. The van der Waals surface area contributed by atoms with Crippen LogP contribution in [0.25, 0.3) is 0 Å². The van der Waals surface area contributed by atoms with Gasteiger partial charge in [-0.3, -0.25) is 0 Å². The lowest BCUT2D eigenvalue weighted by Gasteiger charge is -2.17. The second kappa shape index (κ2) is 15.4. The lowest BCUT2D eigenvalue weighted by atomic mass is 10.1. The van der Waals surface area contributed by atoms with Crippen molar-refractivity contribution < 1.29 is 89.0 Å². The van der Waals surface area contributed by atoms with Crippen LogP contribution in [-0.2, 0) is 13.1 Å². The summed E-state index contributed by atoms with van der Waals surface area (Å²) >= 11 is 0. The maximum Gasteiger partial charge on any atom is 0.335 e. The number of carboxylic acids is 2. The molecule has 2 aromatic rings. The van der Waals surface area contributed by atoms with Crippen LogP contribution in [0.4, 0.5) is 0 Å². The molecule has 0 aliphatic carbocycles. The van der Waals surface area contributed by atoms with Gasteiger partial charge < -0.3 is 21.7 Å². The number of carbonyl (C=O) groups is 2. The zero-order valence-electron chi connectivity index (χ0n) is 16.2. The molecule has 0 radical (unpaired) electrons. The van der Waals surface area contributed by atoms with Gasteiger partial charge in [0.15, 0.2) is 0 Å². The minimum absolute atomic E-state index is 0.321. The molecule has 0 saturated heterocycles. The van der Waals surface area contributed by atoms with Crippen LogP contribution in [0.1, 0.15) is 31.8 Å². The van der Waals surface area contributed by atoms with E-state index >= 15 is 0 Å². The number of halogens is 2. The molecular weight excluding hydrogens is 483 g/mol. The summed E-state index contributed by atoms with van der Waals surface area (Å²) < 4.78 is 67.9. The van der Waals surface area contributed by atoms with Crippen molar-refractivity contribution in [1.29, 1.82) is 0 Å². The molecule has 0 aliphatic heterocycles. The van der Waals surface area contributed by atoms with Crippen molar-refractivity contribution in [3.05, 3.63) is 70.8 Å². The minimum atomic E-state index is -4.94. The Hall–Kier alpha value is -2.44. The quantitative estimate of drug-likeness (QED) is 0.302. The molecule has 0 atom stereocenters. The van der Waals surface area contributed by atoms with Crippen molar-refractivity contribution in [2.75, 3.05) is 0 Å². The van der Waals surface area contributed by atoms with Crippen LogP contribution in [-0.4, -0.2) is 22.2 Å². The molecule has 14 nitrogen and oxygen atoms in total. The Morgan fingerprint density at radius 3 is 0.906 bits per heavy atom. The Balaban J connectivity index is 0. The summed E-state index contributed by atoms with van der Waals surface area (Å²) in [6.45, 7) is 1.39. The van der Waals surface area contributed by atoms with Crippen molar-refractivity contribution in [2.45, 2.75) is 13.1 Å². The predicted molar refractivity (Wildman–Crippen MR) is 80.0 cm³/mol. The molecule has 0 fully saturated rings. The van der Waals surface area contributed by atoms with Gasteiger partial charge in [-0.2, -0.15) is 0 Å². The molecule has 0 amide bonds. The Kier molecular flexibility index (Phi) is 15.3. The number of hydrogen-bond acceptors (Lipinski definition) is 10. The molecule has 0 spiro atoms. The molecule has 0 aliphatic rings. The molecule has 0 saturated carbocycles.